The van der Waals surface area contributed by atoms with E-state index in [2.05, 4.69) is 0 Å². The summed E-state index contributed by atoms with van der Waals surface area (Å²) in [6.07, 6.45) is 6.51. The van der Waals surface area contributed by atoms with Crippen molar-refractivity contribution in [3.63, 3.8) is 0 Å². The maximum atomic E-state index is 5.96. The molecule has 2 atom stereocenters. The van der Waals surface area contributed by atoms with Gasteiger partial charge < -0.3 is 15.2 Å². The number of nitrogens with two attached hydrogens (primary N) is 1. The SMILES string of the molecule is NC1CCOCC1OCC1CCCC1. The van der Waals surface area contributed by atoms with Crippen molar-refractivity contribution < 1.29 is 9.47 Å². The average molecular weight is 199 g/mol. The lowest BCUT2D eigenvalue weighted by atomic mass is 10.1. The van der Waals surface area contributed by atoms with Gasteiger partial charge in [0.1, 0.15) is 0 Å². The van der Waals surface area contributed by atoms with E-state index in [0.29, 0.717) is 6.61 Å². The lowest BCUT2D eigenvalue weighted by molar-refractivity contribution is -0.0698. The molecule has 3 nitrogen and oxygen atoms in total. The molecule has 0 aromatic carbocycles. The van der Waals surface area contributed by atoms with Crippen LogP contribution in [0.1, 0.15) is 32.1 Å². The highest BCUT2D eigenvalue weighted by Gasteiger charge is 2.24. The van der Waals surface area contributed by atoms with Crippen molar-refractivity contribution in [3.05, 3.63) is 0 Å². The van der Waals surface area contributed by atoms with Gasteiger partial charge in [0.25, 0.3) is 0 Å². The Balaban J connectivity index is 1.67. The fraction of sp³-hybridized carbons (Fsp3) is 1.00. The van der Waals surface area contributed by atoms with Crippen LogP contribution in [0.2, 0.25) is 0 Å². The maximum Gasteiger partial charge on any atom is 0.0959 e. The molecule has 3 heteroatoms. The first-order valence-corrected chi connectivity index (χ1v) is 5.81. The van der Waals surface area contributed by atoms with Crippen molar-refractivity contribution in [2.45, 2.75) is 44.2 Å². The fourth-order valence-corrected chi connectivity index (χ4v) is 2.34. The van der Waals surface area contributed by atoms with E-state index in [4.69, 9.17) is 15.2 Å². The average Bonchev–Trinajstić information content (AvgIpc) is 2.69. The summed E-state index contributed by atoms with van der Waals surface area (Å²) in [7, 11) is 0. The molecule has 1 saturated carbocycles. The van der Waals surface area contributed by atoms with Gasteiger partial charge in [0.2, 0.25) is 0 Å². The van der Waals surface area contributed by atoms with Gasteiger partial charge in [-0.15, -0.1) is 0 Å². The summed E-state index contributed by atoms with van der Waals surface area (Å²) in [6.45, 7) is 2.38. The van der Waals surface area contributed by atoms with Crippen molar-refractivity contribution >= 4 is 0 Å². The molecule has 1 aliphatic heterocycles. The van der Waals surface area contributed by atoms with Gasteiger partial charge in [-0.2, -0.15) is 0 Å². The first kappa shape index (κ1) is 10.4. The molecular weight excluding hydrogens is 178 g/mol. The van der Waals surface area contributed by atoms with Crippen LogP contribution in [-0.4, -0.2) is 32.0 Å². The molecule has 2 unspecified atom stereocenters. The number of hydrogen-bond acceptors (Lipinski definition) is 3. The van der Waals surface area contributed by atoms with Crippen molar-refractivity contribution in [2.75, 3.05) is 19.8 Å². The molecule has 1 saturated heterocycles. The Kier molecular flexibility index (Phi) is 3.79. The molecule has 2 rings (SSSR count). The molecule has 0 aromatic rings. The largest absolute Gasteiger partial charge is 0.379 e. The van der Waals surface area contributed by atoms with Crippen LogP contribution >= 0.6 is 0 Å². The Labute approximate surface area is 85.9 Å². The van der Waals surface area contributed by atoms with Gasteiger partial charge in [-0.25, -0.2) is 0 Å². The van der Waals surface area contributed by atoms with E-state index >= 15 is 0 Å². The zero-order valence-corrected chi connectivity index (χ0v) is 8.78. The molecule has 2 aliphatic rings. The predicted molar refractivity (Wildman–Crippen MR) is 55.1 cm³/mol. The van der Waals surface area contributed by atoms with Crippen LogP contribution in [0.3, 0.4) is 0 Å². The van der Waals surface area contributed by atoms with E-state index in [1.54, 1.807) is 0 Å². The zero-order chi connectivity index (χ0) is 9.80. The fourth-order valence-electron chi connectivity index (χ4n) is 2.34. The Bertz CT molecular complexity index is 169. The second-order valence-corrected chi connectivity index (χ2v) is 4.55. The third-order valence-corrected chi connectivity index (χ3v) is 3.38. The number of ether oxygens (including phenoxy) is 2. The summed E-state index contributed by atoms with van der Waals surface area (Å²) >= 11 is 0. The van der Waals surface area contributed by atoms with Gasteiger partial charge in [-0.3, -0.25) is 0 Å². The van der Waals surface area contributed by atoms with E-state index in [9.17, 15) is 0 Å². The topological polar surface area (TPSA) is 44.5 Å². The minimum Gasteiger partial charge on any atom is -0.379 e. The van der Waals surface area contributed by atoms with Crippen LogP contribution in [0, 0.1) is 5.92 Å². The minimum atomic E-state index is 0.143. The van der Waals surface area contributed by atoms with E-state index in [1.807, 2.05) is 0 Å². The van der Waals surface area contributed by atoms with Crippen molar-refractivity contribution in [1.82, 2.24) is 0 Å². The Morgan fingerprint density at radius 2 is 2.00 bits per heavy atom. The summed E-state index contributed by atoms with van der Waals surface area (Å²) < 4.78 is 11.2. The zero-order valence-electron chi connectivity index (χ0n) is 8.78. The molecule has 1 aliphatic carbocycles. The lowest BCUT2D eigenvalue weighted by Crippen LogP contribution is -2.45. The second kappa shape index (κ2) is 5.10. The molecule has 0 aromatic heterocycles. The molecule has 2 N–H and O–H groups in total. The van der Waals surface area contributed by atoms with E-state index in [0.717, 1.165) is 25.6 Å². The minimum absolute atomic E-state index is 0.143. The quantitative estimate of drug-likeness (QED) is 0.745. The molecule has 0 amide bonds. The molecule has 2 fully saturated rings. The van der Waals surface area contributed by atoms with Gasteiger partial charge in [-0.05, 0) is 25.2 Å². The highest BCUT2D eigenvalue weighted by Crippen LogP contribution is 2.25. The summed E-state index contributed by atoms with van der Waals surface area (Å²) in [5.41, 5.74) is 5.96. The first-order chi connectivity index (χ1) is 6.86. The third-order valence-electron chi connectivity index (χ3n) is 3.38. The highest BCUT2D eigenvalue weighted by atomic mass is 16.5. The molecule has 1 heterocycles. The lowest BCUT2D eigenvalue weighted by Gasteiger charge is -2.29. The third kappa shape index (κ3) is 2.69. The Morgan fingerprint density at radius 1 is 1.21 bits per heavy atom. The summed E-state index contributed by atoms with van der Waals surface area (Å²) in [4.78, 5) is 0. The molecule has 0 radical (unpaired) electrons. The molecule has 0 spiro atoms. The van der Waals surface area contributed by atoms with Crippen molar-refractivity contribution in [2.24, 2.45) is 11.7 Å². The molecule has 0 bridgehead atoms. The van der Waals surface area contributed by atoms with Gasteiger partial charge in [0, 0.05) is 19.3 Å². The summed E-state index contributed by atoms with van der Waals surface area (Å²) in [5, 5.41) is 0. The van der Waals surface area contributed by atoms with Crippen LogP contribution in [0.25, 0.3) is 0 Å². The monoisotopic (exact) mass is 199 g/mol. The van der Waals surface area contributed by atoms with Gasteiger partial charge in [-0.1, -0.05) is 12.8 Å². The Hall–Kier alpha value is -0.120. The predicted octanol–water partition coefficient (Wildman–Crippen LogP) is 1.31. The van der Waals surface area contributed by atoms with Crippen molar-refractivity contribution in [1.29, 1.82) is 0 Å². The maximum absolute atomic E-state index is 5.96. The van der Waals surface area contributed by atoms with E-state index < -0.39 is 0 Å². The van der Waals surface area contributed by atoms with Crippen LogP contribution in [-0.2, 0) is 9.47 Å². The standard InChI is InChI=1S/C11H21NO2/c12-10-5-6-13-8-11(10)14-7-9-3-1-2-4-9/h9-11H,1-8,12H2. The van der Waals surface area contributed by atoms with Crippen molar-refractivity contribution in [3.8, 4) is 0 Å². The molecular formula is C11H21NO2. The number of rotatable bonds is 3. The van der Waals surface area contributed by atoms with Gasteiger partial charge >= 0.3 is 0 Å². The van der Waals surface area contributed by atoms with Crippen LogP contribution in [0.4, 0.5) is 0 Å². The second-order valence-electron chi connectivity index (χ2n) is 4.55. The van der Waals surface area contributed by atoms with Crippen LogP contribution in [0.5, 0.6) is 0 Å². The number of hydrogen-bond donors (Lipinski definition) is 1. The molecule has 82 valence electrons. The summed E-state index contributed by atoms with van der Waals surface area (Å²) in [5.74, 6) is 0.782. The van der Waals surface area contributed by atoms with E-state index in [-0.39, 0.29) is 12.1 Å². The van der Waals surface area contributed by atoms with E-state index in [1.165, 1.54) is 25.7 Å². The smallest absolute Gasteiger partial charge is 0.0959 e. The normalized spacial score (nSPS) is 34.9. The first-order valence-electron chi connectivity index (χ1n) is 5.81. The molecule has 14 heavy (non-hydrogen) atoms. The highest BCUT2D eigenvalue weighted by molar-refractivity contribution is 4.78. The van der Waals surface area contributed by atoms with Crippen LogP contribution < -0.4 is 5.73 Å². The van der Waals surface area contributed by atoms with Crippen LogP contribution in [0.15, 0.2) is 0 Å². The Morgan fingerprint density at radius 3 is 2.71 bits per heavy atom. The van der Waals surface area contributed by atoms with Gasteiger partial charge in [0.15, 0.2) is 0 Å². The summed E-state index contributed by atoms with van der Waals surface area (Å²) in [6, 6.07) is 0.185. The van der Waals surface area contributed by atoms with Gasteiger partial charge in [0.05, 0.1) is 12.7 Å².